The fourth-order valence-corrected chi connectivity index (χ4v) is 2.63. The minimum absolute atomic E-state index is 0. The van der Waals surface area contributed by atoms with E-state index in [1.54, 1.807) is 0 Å². The van der Waals surface area contributed by atoms with E-state index in [1.165, 1.54) is 0 Å². The highest BCUT2D eigenvalue weighted by Gasteiger charge is 2.42. The molecule has 1 fully saturated rings. The third-order valence-corrected chi connectivity index (χ3v) is 3.89. The number of rotatable bonds is 3. The SMILES string of the molecule is CCN1CCC(C(=O)O)(c2ccccc2)CC1.Cl. The Morgan fingerprint density at radius 2 is 1.83 bits per heavy atom. The number of benzene rings is 1. The van der Waals surface area contributed by atoms with E-state index in [0.717, 1.165) is 25.2 Å². The molecule has 1 aromatic rings. The first-order chi connectivity index (χ1) is 8.19. The first-order valence-corrected chi connectivity index (χ1v) is 6.20. The second-order valence-corrected chi connectivity index (χ2v) is 4.69. The van der Waals surface area contributed by atoms with Crippen molar-refractivity contribution in [2.45, 2.75) is 25.2 Å². The average Bonchev–Trinajstić information content (AvgIpc) is 2.39. The summed E-state index contributed by atoms with van der Waals surface area (Å²) in [4.78, 5) is 14.0. The van der Waals surface area contributed by atoms with E-state index in [9.17, 15) is 9.90 Å². The molecule has 0 radical (unpaired) electrons. The van der Waals surface area contributed by atoms with E-state index in [-0.39, 0.29) is 12.4 Å². The van der Waals surface area contributed by atoms with Crippen molar-refractivity contribution >= 4 is 18.4 Å². The van der Waals surface area contributed by atoms with Gasteiger partial charge < -0.3 is 10.0 Å². The highest BCUT2D eigenvalue weighted by atomic mass is 35.5. The van der Waals surface area contributed by atoms with Crippen molar-refractivity contribution in [3.05, 3.63) is 35.9 Å². The van der Waals surface area contributed by atoms with Gasteiger partial charge in [-0.2, -0.15) is 0 Å². The quantitative estimate of drug-likeness (QED) is 0.917. The van der Waals surface area contributed by atoms with Gasteiger partial charge in [0, 0.05) is 0 Å². The van der Waals surface area contributed by atoms with E-state index >= 15 is 0 Å². The van der Waals surface area contributed by atoms with Crippen molar-refractivity contribution in [2.75, 3.05) is 19.6 Å². The van der Waals surface area contributed by atoms with Crippen LogP contribution in [0.2, 0.25) is 0 Å². The Bertz CT molecular complexity index is 386. The van der Waals surface area contributed by atoms with Crippen molar-refractivity contribution in [3.8, 4) is 0 Å². The Balaban J connectivity index is 0.00000162. The Kier molecular flexibility index (Phi) is 5.17. The topological polar surface area (TPSA) is 40.5 Å². The largest absolute Gasteiger partial charge is 0.481 e. The van der Waals surface area contributed by atoms with Gasteiger partial charge in [0.2, 0.25) is 0 Å². The first-order valence-electron chi connectivity index (χ1n) is 6.20. The maximum Gasteiger partial charge on any atom is 0.314 e. The molecule has 1 aliphatic heterocycles. The molecule has 1 aromatic carbocycles. The number of aliphatic carboxylic acids is 1. The summed E-state index contributed by atoms with van der Waals surface area (Å²) < 4.78 is 0. The van der Waals surface area contributed by atoms with Gasteiger partial charge in [0.25, 0.3) is 0 Å². The summed E-state index contributed by atoms with van der Waals surface area (Å²) in [7, 11) is 0. The molecule has 0 aliphatic carbocycles. The number of halogens is 1. The molecule has 4 heteroatoms. The third kappa shape index (κ3) is 2.68. The maximum absolute atomic E-state index is 11.7. The van der Waals surface area contributed by atoms with E-state index in [2.05, 4.69) is 11.8 Å². The van der Waals surface area contributed by atoms with Crippen LogP contribution in [0.3, 0.4) is 0 Å². The molecule has 0 spiro atoms. The molecule has 0 unspecified atom stereocenters. The molecule has 1 N–H and O–H groups in total. The number of piperidine rings is 1. The van der Waals surface area contributed by atoms with Crippen LogP contribution < -0.4 is 0 Å². The van der Waals surface area contributed by atoms with Gasteiger partial charge in [0.1, 0.15) is 0 Å². The molecule has 18 heavy (non-hydrogen) atoms. The molecule has 1 saturated heterocycles. The lowest BCUT2D eigenvalue weighted by molar-refractivity contribution is -0.146. The first kappa shape index (κ1) is 15.0. The zero-order chi connectivity index (χ0) is 12.3. The third-order valence-electron chi connectivity index (χ3n) is 3.89. The second-order valence-electron chi connectivity index (χ2n) is 4.69. The Morgan fingerprint density at radius 1 is 1.28 bits per heavy atom. The van der Waals surface area contributed by atoms with Gasteiger partial charge in [-0.05, 0) is 38.0 Å². The molecular weight excluding hydrogens is 250 g/mol. The normalized spacial score (nSPS) is 18.9. The molecule has 3 nitrogen and oxygen atoms in total. The minimum Gasteiger partial charge on any atom is -0.481 e. The number of carboxylic acid groups (broad SMARTS) is 1. The Morgan fingerprint density at radius 3 is 2.28 bits per heavy atom. The zero-order valence-electron chi connectivity index (χ0n) is 10.6. The molecule has 0 aromatic heterocycles. The number of hydrogen-bond acceptors (Lipinski definition) is 2. The van der Waals surface area contributed by atoms with Crippen LogP contribution >= 0.6 is 12.4 Å². The lowest BCUT2D eigenvalue weighted by atomic mass is 9.73. The minimum atomic E-state index is -0.681. The molecule has 100 valence electrons. The van der Waals surface area contributed by atoms with E-state index in [1.807, 2.05) is 30.3 Å². The fraction of sp³-hybridized carbons (Fsp3) is 0.500. The van der Waals surface area contributed by atoms with Gasteiger partial charge in [0.15, 0.2) is 0 Å². The van der Waals surface area contributed by atoms with Crippen molar-refractivity contribution in [1.82, 2.24) is 4.90 Å². The van der Waals surface area contributed by atoms with Crippen LogP contribution in [0.5, 0.6) is 0 Å². The monoisotopic (exact) mass is 269 g/mol. The predicted molar refractivity (Wildman–Crippen MR) is 74.4 cm³/mol. The van der Waals surface area contributed by atoms with Crippen LogP contribution in [0.25, 0.3) is 0 Å². The summed E-state index contributed by atoms with van der Waals surface area (Å²) in [6.07, 6.45) is 1.42. The van der Waals surface area contributed by atoms with Crippen molar-refractivity contribution < 1.29 is 9.90 Å². The van der Waals surface area contributed by atoms with Gasteiger partial charge in [-0.15, -0.1) is 12.4 Å². The molecule has 0 bridgehead atoms. The number of nitrogens with zero attached hydrogens (tertiary/aromatic N) is 1. The Labute approximate surface area is 114 Å². The zero-order valence-corrected chi connectivity index (χ0v) is 11.4. The lowest BCUT2D eigenvalue weighted by Crippen LogP contribution is -2.47. The lowest BCUT2D eigenvalue weighted by Gasteiger charge is -2.38. The van der Waals surface area contributed by atoms with Crippen LogP contribution in [0.1, 0.15) is 25.3 Å². The fourth-order valence-electron chi connectivity index (χ4n) is 2.63. The van der Waals surface area contributed by atoms with E-state index < -0.39 is 11.4 Å². The van der Waals surface area contributed by atoms with E-state index in [0.29, 0.717) is 12.8 Å². The number of likely N-dealkylation sites (tertiary alicyclic amines) is 1. The maximum atomic E-state index is 11.7. The predicted octanol–water partition coefficient (Wildman–Crippen LogP) is 2.55. The highest BCUT2D eigenvalue weighted by Crippen LogP contribution is 2.35. The second kappa shape index (κ2) is 6.21. The smallest absolute Gasteiger partial charge is 0.314 e. The summed E-state index contributed by atoms with van der Waals surface area (Å²) in [6, 6.07) is 9.66. The summed E-state index contributed by atoms with van der Waals surface area (Å²) in [5.74, 6) is -0.681. The molecule has 1 aliphatic rings. The number of carbonyl (C=O) groups is 1. The highest BCUT2D eigenvalue weighted by molar-refractivity contribution is 5.85. The molecule has 2 rings (SSSR count). The molecule has 1 heterocycles. The van der Waals surface area contributed by atoms with Crippen LogP contribution in [-0.4, -0.2) is 35.6 Å². The van der Waals surface area contributed by atoms with Gasteiger partial charge in [-0.1, -0.05) is 37.3 Å². The molecule has 0 saturated carbocycles. The summed E-state index contributed by atoms with van der Waals surface area (Å²) in [5, 5.41) is 9.58. The van der Waals surface area contributed by atoms with Crippen LogP contribution in [0.15, 0.2) is 30.3 Å². The van der Waals surface area contributed by atoms with Crippen LogP contribution in [0, 0.1) is 0 Å². The summed E-state index contributed by atoms with van der Waals surface area (Å²) >= 11 is 0. The van der Waals surface area contributed by atoms with Gasteiger partial charge in [-0.3, -0.25) is 4.79 Å². The van der Waals surface area contributed by atoms with E-state index in [4.69, 9.17) is 0 Å². The number of hydrogen-bond donors (Lipinski definition) is 1. The molecular formula is C14H20ClNO2. The average molecular weight is 270 g/mol. The Hall–Kier alpha value is -1.06. The number of carboxylic acids is 1. The summed E-state index contributed by atoms with van der Waals surface area (Å²) in [5.41, 5.74) is 0.274. The van der Waals surface area contributed by atoms with Crippen LogP contribution in [-0.2, 0) is 10.2 Å². The van der Waals surface area contributed by atoms with Crippen molar-refractivity contribution in [3.63, 3.8) is 0 Å². The van der Waals surface area contributed by atoms with Crippen LogP contribution in [0.4, 0.5) is 0 Å². The van der Waals surface area contributed by atoms with Gasteiger partial charge in [-0.25, -0.2) is 0 Å². The van der Waals surface area contributed by atoms with Gasteiger partial charge >= 0.3 is 5.97 Å². The molecule has 0 atom stereocenters. The van der Waals surface area contributed by atoms with Crippen molar-refractivity contribution in [2.24, 2.45) is 0 Å². The summed E-state index contributed by atoms with van der Waals surface area (Å²) in [6.45, 7) is 4.87. The standard InChI is InChI=1S/C14H19NO2.ClH/c1-2-15-10-8-14(9-11-15,13(16)17)12-6-4-3-5-7-12;/h3-7H,2,8-11H2,1H3,(H,16,17);1H. The van der Waals surface area contributed by atoms with Crippen molar-refractivity contribution in [1.29, 1.82) is 0 Å². The van der Waals surface area contributed by atoms with Gasteiger partial charge in [0.05, 0.1) is 5.41 Å². The molecule has 0 amide bonds.